The molecule has 2 N–H and O–H groups in total. The lowest BCUT2D eigenvalue weighted by Crippen LogP contribution is -2.43. The predicted molar refractivity (Wildman–Crippen MR) is 81.5 cm³/mol. The second-order valence-electron chi connectivity index (χ2n) is 6.49. The van der Waals surface area contributed by atoms with Crippen LogP contribution in [0.15, 0.2) is 22.7 Å². The van der Waals surface area contributed by atoms with Gasteiger partial charge in [0, 0.05) is 10.5 Å². The highest BCUT2D eigenvalue weighted by atomic mass is 79.9. The van der Waals surface area contributed by atoms with Crippen molar-refractivity contribution in [3.05, 3.63) is 34.1 Å². The van der Waals surface area contributed by atoms with Gasteiger partial charge in [-0.3, -0.25) is 0 Å². The molecule has 1 fully saturated rings. The van der Waals surface area contributed by atoms with Crippen LogP contribution in [0.2, 0.25) is 0 Å². The van der Waals surface area contributed by atoms with E-state index in [4.69, 9.17) is 5.73 Å². The van der Waals surface area contributed by atoms with E-state index in [1.54, 1.807) is 6.07 Å². The Balaban J connectivity index is 2.09. The van der Waals surface area contributed by atoms with Gasteiger partial charge < -0.3 is 5.73 Å². The Bertz CT molecular complexity index is 424. The lowest BCUT2D eigenvalue weighted by atomic mass is 9.65. The zero-order chi connectivity index (χ0) is 14.0. The summed E-state index contributed by atoms with van der Waals surface area (Å²) in [5.74, 6) is 0.336. The Hall–Kier alpha value is -0.410. The molecule has 1 aliphatic rings. The quantitative estimate of drug-likeness (QED) is 0.857. The molecule has 1 aromatic rings. The van der Waals surface area contributed by atoms with Crippen molar-refractivity contribution in [3.63, 3.8) is 0 Å². The fourth-order valence-corrected chi connectivity index (χ4v) is 3.97. The molecular weight excluding hydrogens is 305 g/mol. The number of halogens is 2. The van der Waals surface area contributed by atoms with Crippen molar-refractivity contribution in [2.24, 2.45) is 17.1 Å². The zero-order valence-electron chi connectivity index (χ0n) is 11.8. The van der Waals surface area contributed by atoms with Crippen LogP contribution in [0.4, 0.5) is 4.39 Å². The van der Waals surface area contributed by atoms with Gasteiger partial charge in [0.25, 0.3) is 0 Å². The molecule has 0 spiro atoms. The van der Waals surface area contributed by atoms with Gasteiger partial charge in [-0.05, 0) is 54.4 Å². The molecule has 1 aliphatic carbocycles. The predicted octanol–water partition coefficient (Wildman–Crippen LogP) is 4.67. The summed E-state index contributed by atoms with van der Waals surface area (Å²) in [6.07, 6.45) is 5.78. The van der Waals surface area contributed by atoms with Gasteiger partial charge in [0.2, 0.25) is 0 Å². The monoisotopic (exact) mass is 327 g/mol. The molecule has 1 nitrogen and oxygen atoms in total. The van der Waals surface area contributed by atoms with Crippen molar-refractivity contribution in [1.29, 1.82) is 0 Å². The van der Waals surface area contributed by atoms with Crippen molar-refractivity contribution in [3.8, 4) is 0 Å². The molecule has 0 aromatic heterocycles. The maximum absolute atomic E-state index is 13.4. The molecule has 2 atom stereocenters. The molecule has 19 heavy (non-hydrogen) atoms. The van der Waals surface area contributed by atoms with E-state index in [0.29, 0.717) is 11.3 Å². The summed E-state index contributed by atoms with van der Waals surface area (Å²) < 4.78 is 14.2. The highest BCUT2D eigenvalue weighted by Gasteiger charge is 2.35. The van der Waals surface area contributed by atoms with Gasteiger partial charge in [-0.1, -0.05) is 42.6 Å². The van der Waals surface area contributed by atoms with Gasteiger partial charge in [0.1, 0.15) is 5.82 Å². The van der Waals surface area contributed by atoms with Crippen LogP contribution in [-0.4, -0.2) is 6.04 Å². The van der Waals surface area contributed by atoms with Gasteiger partial charge in [0.15, 0.2) is 0 Å². The largest absolute Gasteiger partial charge is 0.327 e. The molecule has 0 bridgehead atoms. The minimum absolute atomic E-state index is 0.115. The Labute approximate surface area is 123 Å². The third-order valence-corrected chi connectivity index (χ3v) is 4.96. The second kappa shape index (κ2) is 5.92. The van der Waals surface area contributed by atoms with Crippen molar-refractivity contribution in [2.75, 3.05) is 0 Å². The first kappa shape index (κ1) is 15.0. The van der Waals surface area contributed by atoms with Crippen molar-refractivity contribution < 1.29 is 4.39 Å². The summed E-state index contributed by atoms with van der Waals surface area (Å²) in [5, 5.41) is 0. The summed E-state index contributed by atoms with van der Waals surface area (Å²) in [5.41, 5.74) is 7.71. The summed E-state index contributed by atoms with van der Waals surface area (Å²) in [7, 11) is 0. The zero-order valence-corrected chi connectivity index (χ0v) is 13.3. The Morgan fingerprint density at radius 1 is 1.37 bits per heavy atom. The van der Waals surface area contributed by atoms with E-state index in [9.17, 15) is 4.39 Å². The molecule has 0 amide bonds. The van der Waals surface area contributed by atoms with Crippen molar-refractivity contribution in [1.82, 2.24) is 0 Å². The van der Waals surface area contributed by atoms with Crippen LogP contribution < -0.4 is 5.73 Å². The summed E-state index contributed by atoms with van der Waals surface area (Å²) in [4.78, 5) is 0. The van der Waals surface area contributed by atoms with Gasteiger partial charge in [-0.15, -0.1) is 0 Å². The standard InChI is InChI=1S/C16H23BrFN/c1-16(2)6-4-3-5-14(16)15(19)9-11-7-12(17)10-13(18)8-11/h7-8,10,14-15H,3-6,9,19H2,1-2H3. The highest BCUT2D eigenvalue weighted by molar-refractivity contribution is 9.10. The van der Waals surface area contributed by atoms with Gasteiger partial charge >= 0.3 is 0 Å². The minimum Gasteiger partial charge on any atom is -0.327 e. The maximum atomic E-state index is 13.4. The molecule has 3 heteroatoms. The topological polar surface area (TPSA) is 26.0 Å². The van der Waals surface area contributed by atoms with Crippen LogP contribution in [0.3, 0.4) is 0 Å². The van der Waals surface area contributed by atoms with E-state index in [1.807, 2.05) is 6.07 Å². The highest BCUT2D eigenvalue weighted by Crippen LogP contribution is 2.42. The molecule has 2 rings (SSSR count). The average molecular weight is 328 g/mol. The Morgan fingerprint density at radius 2 is 2.11 bits per heavy atom. The van der Waals surface area contributed by atoms with E-state index in [0.717, 1.165) is 16.5 Å². The van der Waals surface area contributed by atoms with Crippen molar-refractivity contribution >= 4 is 15.9 Å². The smallest absolute Gasteiger partial charge is 0.124 e. The first-order chi connectivity index (χ1) is 8.88. The number of rotatable bonds is 3. The molecule has 0 heterocycles. The SMILES string of the molecule is CC1(C)CCCCC1C(N)Cc1cc(F)cc(Br)c1. The fourth-order valence-electron chi connectivity index (χ4n) is 3.46. The number of hydrogen-bond acceptors (Lipinski definition) is 1. The lowest BCUT2D eigenvalue weighted by Gasteiger charge is -2.42. The normalized spacial score (nSPS) is 24.2. The second-order valence-corrected chi connectivity index (χ2v) is 7.40. The first-order valence-corrected chi connectivity index (χ1v) is 7.88. The molecule has 106 valence electrons. The van der Waals surface area contributed by atoms with Crippen LogP contribution in [0.25, 0.3) is 0 Å². The number of benzene rings is 1. The fraction of sp³-hybridized carbons (Fsp3) is 0.625. The van der Waals surface area contributed by atoms with E-state index >= 15 is 0 Å². The number of hydrogen-bond donors (Lipinski definition) is 1. The first-order valence-electron chi connectivity index (χ1n) is 7.09. The maximum Gasteiger partial charge on any atom is 0.124 e. The minimum atomic E-state index is -0.195. The number of nitrogens with two attached hydrogens (primary N) is 1. The molecule has 0 aliphatic heterocycles. The van der Waals surface area contributed by atoms with Gasteiger partial charge in [-0.2, -0.15) is 0 Å². The van der Waals surface area contributed by atoms with Gasteiger partial charge in [-0.25, -0.2) is 4.39 Å². The summed E-state index contributed by atoms with van der Waals surface area (Å²) in [6.45, 7) is 4.64. The molecule has 0 saturated heterocycles. The summed E-state index contributed by atoms with van der Waals surface area (Å²) >= 11 is 3.34. The molecule has 2 unspecified atom stereocenters. The lowest BCUT2D eigenvalue weighted by molar-refractivity contribution is 0.112. The Kier molecular flexibility index (Phi) is 4.67. The van der Waals surface area contributed by atoms with E-state index < -0.39 is 0 Å². The van der Waals surface area contributed by atoms with Crippen LogP contribution >= 0.6 is 15.9 Å². The molecule has 0 radical (unpaired) electrons. The third kappa shape index (κ3) is 3.79. The van der Waals surface area contributed by atoms with E-state index in [-0.39, 0.29) is 11.9 Å². The summed E-state index contributed by atoms with van der Waals surface area (Å²) in [6, 6.07) is 5.17. The van der Waals surface area contributed by atoms with Crippen LogP contribution in [0, 0.1) is 17.2 Å². The van der Waals surface area contributed by atoms with Crippen LogP contribution in [-0.2, 0) is 6.42 Å². The van der Waals surface area contributed by atoms with Crippen molar-refractivity contribution in [2.45, 2.75) is 52.0 Å². The molecule has 1 aromatic carbocycles. The molecular formula is C16H23BrFN. The van der Waals surface area contributed by atoms with Gasteiger partial charge in [0.05, 0.1) is 0 Å². The average Bonchev–Trinajstić information content (AvgIpc) is 2.26. The Morgan fingerprint density at radius 3 is 2.74 bits per heavy atom. The van der Waals surface area contributed by atoms with E-state index in [2.05, 4.69) is 29.8 Å². The third-order valence-electron chi connectivity index (χ3n) is 4.50. The van der Waals surface area contributed by atoms with Crippen LogP contribution in [0.1, 0.15) is 45.1 Å². The molecule has 1 saturated carbocycles. The van der Waals surface area contributed by atoms with Crippen LogP contribution in [0.5, 0.6) is 0 Å². The van der Waals surface area contributed by atoms with E-state index in [1.165, 1.54) is 31.7 Å².